The fourth-order valence-corrected chi connectivity index (χ4v) is 4.62. The van der Waals surface area contributed by atoms with E-state index in [1.54, 1.807) is 12.1 Å². The number of carbonyl (C=O) groups excluding carboxylic acids is 4. The Hall–Kier alpha value is -3.52. The van der Waals surface area contributed by atoms with Crippen LogP contribution in [0.15, 0.2) is 36.4 Å². The molecule has 158 valence electrons. The predicted molar refractivity (Wildman–Crippen MR) is 112 cm³/mol. The zero-order valence-electron chi connectivity index (χ0n) is 16.9. The summed E-state index contributed by atoms with van der Waals surface area (Å²) in [7, 11) is 0. The van der Waals surface area contributed by atoms with Crippen LogP contribution in [0, 0.1) is 0 Å². The minimum atomic E-state index is -0.950. The van der Waals surface area contributed by atoms with Gasteiger partial charge in [0, 0.05) is 31.7 Å². The molecule has 4 amide bonds. The Balaban J connectivity index is 1.39. The third kappa shape index (κ3) is 3.19. The first-order valence-corrected chi connectivity index (χ1v) is 10.4. The number of carbonyl (C=O) groups is 4. The average molecular weight is 418 g/mol. The molecule has 0 radical (unpaired) electrons. The SMILES string of the molecule is NCc1ccc2c(c1)N(Cc1ccc3c(c1)C(=O)N(C1CCC(=O)NC1=O)C3=O)CC2. The minimum absolute atomic E-state index is 0.105. The number of amides is 4. The molecule has 8 nitrogen and oxygen atoms in total. The molecule has 2 aromatic rings. The number of rotatable bonds is 4. The lowest BCUT2D eigenvalue weighted by Crippen LogP contribution is -2.54. The van der Waals surface area contributed by atoms with Gasteiger partial charge in [-0.05, 0) is 47.7 Å². The van der Waals surface area contributed by atoms with E-state index in [4.69, 9.17) is 5.73 Å². The highest BCUT2D eigenvalue weighted by atomic mass is 16.2. The summed E-state index contributed by atoms with van der Waals surface area (Å²) in [5.74, 6) is -1.96. The van der Waals surface area contributed by atoms with Crippen LogP contribution in [0.1, 0.15) is 50.2 Å². The van der Waals surface area contributed by atoms with E-state index in [0.717, 1.165) is 34.7 Å². The summed E-state index contributed by atoms with van der Waals surface area (Å²) < 4.78 is 0. The van der Waals surface area contributed by atoms with Crippen LogP contribution in [0.5, 0.6) is 0 Å². The molecular weight excluding hydrogens is 396 g/mol. The van der Waals surface area contributed by atoms with Crippen LogP contribution in [-0.4, -0.2) is 41.1 Å². The Morgan fingerprint density at radius 1 is 0.935 bits per heavy atom. The van der Waals surface area contributed by atoms with Crippen molar-refractivity contribution in [1.29, 1.82) is 0 Å². The Kier molecular flexibility index (Phi) is 4.59. The fourth-order valence-electron chi connectivity index (χ4n) is 4.62. The summed E-state index contributed by atoms with van der Waals surface area (Å²) in [6, 6.07) is 10.6. The van der Waals surface area contributed by atoms with Crippen LogP contribution >= 0.6 is 0 Å². The maximum Gasteiger partial charge on any atom is 0.262 e. The molecule has 1 atom stereocenters. The van der Waals surface area contributed by atoms with Crippen LogP contribution in [0.2, 0.25) is 0 Å². The molecule has 0 aliphatic carbocycles. The number of piperidine rings is 1. The molecule has 1 saturated heterocycles. The number of nitrogens with zero attached hydrogens (tertiary/aromatic N) is 2. The van der Waals surface area contributed by atoms with Gasteiger partial charge in [0.25, 0.3) is 11.8 Å². The van der Waals surface area contributed by atoms with E-state index >= 15 is 0 Å². The Bertz CT molecular complexity index is 1140. The second-order valence-corrected chi connectivity index (χ2v) is 8.17. The van der Waals surface area contributed by atoms with Gasteiger partial charge < -0.3 is 10.6 Å². The van der Waals surface area contributed by atoms with Crippen LogP contribution in [0.3, 0.4) is 0 Å². The highest BCUT2D eigenvalue weighted by Gasteiger charge is 2.44. The van der Waals surface area contributed by atoms with Crippen LogP contribution < -0.4 is 16.0 Å². The average Bonchev–Trinajstić information content (AvgIpc) is 3.27. The van der Waals surface area contributed by atoms with Crippen LogP contribution in [0.4, 0.5) is 5.69 Å². The van der Waals surface area contributed by atoms with E-state index in [-0.39, 0.29) is 18.7 Å². The molecule has 31 heavy (non-hydrogen) atoms. The van der Waals surface area contributed by atoms with Gasteiger partial charge in [-0.15, -0.1) is 0 Å². The summed E-state index contributed by atoms with van der Waals surface area (Å²) in [6.45, 7) is 1.96. The van der Waals surface area contributed by atoms with E-state index in [2.05, 4.69) is 22.3 Å². The third-order valence-electron chi connectivity index (χ3n) is 6.25. The van der Waals surface area contributed by atoms with Crippen molar-refractivity contribution in [3.8, 4) is 0 Å². The smallest absolute Gasteiger partial charge is 0.262 e. The van der Waals surface area contributed by atoms with Gasteiger partial charge in [0.15, 0.2) is 0 Å². The molecule has 0 bridgehead atoms. The first kappa shape index (κ1) is 19.4. The summed E-state index contributed by atoms with van der Waals surface area (Å²) in [6.07, 6.45) is 1.21. The molecular formula is C23H22N4O4. The molecule has 0 aromatic heterocycles. The summed E-state index contributed by atoms with van der Waals surface area (Å²) in [4.78, 5) is 52.7. The lowest BCUT2D eigenvalue weighted by Gasteiger charge is -2.27. The predicted octanol–water partition coefficient (Wildman–Crippen LogP) is 1.11. The quantitative estimate of drug-likeness (QED) is 0.720. The van der Waals surface area contributed by atoms with Crippen molar-refractivity contribution in [2.75, 3.05) is 11.4 Å². The van der Waals surface area contributed by atoms with Crippen molar-refractivity contribution in [1.82, 2.24) is 10.2 Å². The second kappa shape index (κ2) is 7.31. The van der Waals surface area contributed by atoms with E-state index < -0.39 is 23.8 Å². The zero-order chi connectivity index (χ0) is 21.7. The van der Waals surface area contributed by atoms with Crippen LogP contribution in [-0.2, 0) is 29.1 Å². The molecule has 3 aliphatic rings. The Morgan fingerprint density at radius 2 is 1.71 bits per heavy atom. The van der Waals surface area contributed by atoms with Crippen LogP contribution in [0.25, 0.3) is 0 Å². The van der Waals surface area contributed by atoms with Gasteiger partial charge in [-0.1, -0.05) is 18.2 Å². The van der Waals surface area contributed by atoms with Gasteiger partial charge in [0.1, 0.15) is 6.04 Å². The maximum absolute atomic E-state index is 13.0. The van der Waals surface area contributed by atoms with Gasteiger partial charge in [-0.2, -0.15) is 0 Å². The number of hydrogen-bond donors (Lipinski definition) is 2. The lowest BCUT2D eigenvalue weighted by atomic mass is 10.0. The van der Waals surface area contributed by atoms with Crippen molar-refractivity contribution in [2.45, 2.75) is 38.4 Å². The third-order valence-corrected chi connectivity index (χ3v) is 6.25. The zero-order valence-corrected chi connectivity index (χ0v) is 16.9. The van der Waals surface area contributed by atoms with E-state index in [0.29, 0.717) is 24.2 Å². The van der Waals surface area contributed by atoms with Gasteiger partial charge in [0.2, 0.25) is 11.8 Å². The number of imide groups is 2. The summed E-state index contributed by atoms with van der Waals surface area (Å²) in [5.41, 5.74) is 10.8. The van der Waals surface area contributed by atoms with Crippen molar-refractivity contribution >= 4 is 29.3 Å². The molecule has 3 heterocycles. The molecule has 1 fully saturated rings. The molecule has 2 aromatic carbocycles. The normalized spacial score (nSPS) is 20.2. The fraction of sp³-hybridized carbons (Fsp3) is 0.304. The first-order valence-electron chi connectivity index (χ1n) is 10.4. The maximum atomic E-state index is 13.0. The number of hydrogen-bond acceptors (Lipinski definition) is 6. The molecule has 8 heteroatoms. The highest BCUT2D eigenvalue weighted by molar-refractivity contribution is 6.23. The van der Waals surface area contributed by atoms with E-state index in [1.807, 2.05) is 12.1 Å². The molecule has 0 spiro atoms. The summed E-state index contributed by atoms with van der Waals surface area (Å²) in [5, 5.41) is 2.21. The molecule has 3 N–H and O–H groups in total. The van der Waals surface area contributed by atoms with Crippen molar-refractivity contribution < 1.29 is 19.2 Å². The highest BCUT2D eigenvalue weighted by Crippen LogP contribution is 2.32. The number of nitrogens with two attached hydrogens (primary N) is 1. The van der Waals surface area contributed by atoms with Crippen molar-refractivity contribution in [2.24, 2.45) is 5.73 Å². The van der Waals surface area contributed by atoms with Gasteiger partial charge in [-0.25, -0.2) is 0 Å². The molecule has 3 aliphatic heterocycles. The lowest BCUT2D eigenvalue weighted by molar-refractivity contribution is -0.136. The second-order valence-electron chi connectivity index (χ2n) is 8.17. The minimum Gasteiger partial charge on any atom is -0.367 e. The van der Waals surface area contributed by atoms with Crippen molar-refractivity contribution in [3.63, 3.8) is 0 Å². The van der Waals surface area contributed by atoms with Gasteiger partial charge in [-0.3, -0.25) is 29.4 Å². The standard InChI is InChI=1S/C23H22N4O4/c24-11-13-1-3-15-7-8-26(19(15)10-13)12-14-2-4-16-17(9-14)23(31)27(22(16)30)18-5-6-20(28)25-21(18)29/h1-4,9-10,18H,5-8,11-12,24H2,(H,25,28,29). The number of nitrogens with one attached hydrogen (secondary N) is 1. The van der Waals surface area contributed by atoms with E-state index in [9.17, 15) is 19.2 Å². The van der Waals surface area contributed by atoms with Gasteiger partial charge >= 0.3 is 0 Å². The van der Waals surface area contributed by atoms with E-state index in [1.165, 1.54) is 5.56 Å². The molecule has 0 saturated carbocycles. The Morgan fingerprint density at radius 3 is 2.48 bits per heavy atom. The Labute approximate surface area is 179 Å². The molecule has 1 unspecified atom stereocenters. The monoisotopic (exact) mass is 418 g/mol. The largest absolute Gasteiger partial charge is 0.367 e. The number of fused-ring (bicyclic) bond motifs is 2. The first-order chi connectivity index (χ1) is 15.0. The topological polar surface area (TPSA) is 113 Å². The summed E-state index contributed by atoms with van der Waals surface area (Å²) >= 11 is 0. The number of benzene rings is 2. The number of anilines is 1. The van der Waals surface area contributed by atoms with Gasteiger partial charge in [0.05, 0.1) is 11.1 Å². The van der Waals surface area contributed by atoms with Crippen molar-refractivity contribution in [3.05, 3.63) is 64.2 Å². The molecule has 5 rings (SSSR count).